The van der Waals surface area contributed by atoms with Gasteiger partial charge < -0.3 is 4.74 Å². The summed E-state index contributed by atoms with van der Waals surface area (Å²) in [4.78, 5) is 10.5. The Labute approximate surface area is 118 Å². The second-order valence-corrected chi connectivity index (χ2v) is 4.67. The molecule has 1 aromatic rings. The van der Waals surface area contributed by atoms with Crippen LogP contribution in [-0.4, -0.2) is 41.9 Å². The van der Waals surface area contributed by atoms with Crippen molar-refractivity contribution in [2.75, 3.05) is 26.3 Å². The maximum Gasteiger partial charge on any atom is 0.270 e. The van der Waals surface area contributed by atoms with Gasteiger partial charge in [0.1, 0.15) is 0 Å². The lowest BCUT2D eigenvalue weighted by Gasteiger charge is -2.25. The maximum atomic E-state index is 10.9. The molecule has 2 rings (SSSR count). The Hall–Kier alpha value is -1.95. The van der Waals surface area contributed by atoms with Crippen molar-refractivity contribution >= 4 is 11.4 Å². The van der Waals surface area contributed by atoms with Crippen LogP contribution >= 0.6 is 0 Å². The van der Waals surface area contributed by atoms with E-state index < -0.39 is 0 Å². The summed E-state index contributed by atoms with van der Waals surface area (Å²) < 4.78 is 5.30. The molecule has 0 aromatic heterocycles. The number of morpholine rings is 1. The molecule has 0 radical (unpaired) electrons. The maximum absolute atomic E-state index is 10.9. The van der Waals surface area contributed by atoms with Crippen molar-refractivity contribution in [2.24, 2.45) is 5.10 Å². The van der Waals surface area contributed by atoms with Gasteiger partial charge in [-0.3, -0.25) is 15.1 Å². The molecule has 1 heterocycles. The zero-order valence-corrected chi connectivity index (χ0v) is 11.6. The molecule has 1 fully saturated rings. The number of non-ortho nitro benzene ring substituents is 1. The average Bonchev–Trinajstić information content (AvgIpc) is 2.48. The van der Waals surface area contributed by atoms with Crippen molar-refractivity contribution in [2.45, 2.75) is 19.8 Å². The molecule has 0 saturated carbocycles. The summed E-state index contributed by atoms with van der Waals surface area (Å²) in [7, 11) is 0. The van der Waals surface area contributed by atoms with Gasteiger partial charge in [0.05, 0.1) is 36.9 Å². The number of benzene rings is 1. The van der Waals surface area contributed by atoms with E-state index in [1.165, 1.54) is 6.07 Å². The fourth-order valence-corrected chi connectivity index (χ4v) is 2.11. The SMILES string of the molecule is CCCC(=NN1CCOCC1)c1cccc([N+](=O)[O-])c1. The van der Waals surface area contributed by atoms with E-state index in [1.807, 2.05) is 11.1 Å². The van der Waals surface area contributed by atoms with Crippen LogP contribution in [0.3, 0.4) is 0 Å². The second kappa shape index (κ2) is 7.00. The van der Waals surface area contributed by atoms with E-state index in [1.54, 1.807) is 12.1 Å². The predicted octanol–water partition coefficient (Wildman–Crippen LogP) is 2.43. The first-order valence-electron chi connectivity index (χ1n) is 6.85. The molecule has 1 aromatic carbocycles. The largest absolute Gasteiger partial charge is 0.378 e. The Morgan fingerprint density at radius 2 is 2.20 bits per heavy atom. The number of rotatable bonds is 5. The van der Waals surface area contributed by atoms with Crippen LogP contribution in [0, 0.1) is 10.1 Å². The minimum atomic E-state index is -0.373. The monoisotopic (exact) mass is 277 g/mol. The molecule has 0 bridgehead atoms. The molecule has 0 spiro atoms. The van der Waals surface area contributed by atoms with Crippen LogP contribution in [0.15, 0.2) is 29.4 Å². The van der Waals surface area contributed by atoms with Crippen LogP contribution in [0.1, 0.15) is 25.3 Å². The van der Waals surface area contributed by atoms with Gasteiger partial charge in [0, 0.05) is 17.7 Å². The molecule has 0 N–H and O–H groups in total. The van der Waals surface area contributed by atoms with Crippen molar-refractivity contribution in [1.29, 1.82) is 0 Å². The smallest absolute Gasteiger partial charge is 0.270 e. The van der Waals surface area contributed by atoms with Crippen LogP contribution < -0.4 is 0 Å². The quantitative estimate of drug-likeness (QED) is 0.471. The Kier molecular flexibility index (Phi) is 5.06. The lowest BCUT2D eigenvalue weighted by atomic mass is 10.1. The zero-order chi connectivity index (χ0) is 14.4. The molecule has 6 heteroatoms. The molecule has 1 aliphatic rings. The number of ether oxygens (including phenoxy) is 1. The molecule has 6 nitrogen and oxygen atoms in total. The van der Waals surface area contributed by atoms with Crippen molar-refractivity contribution in [3.05, 3.63) is 39.9 Å². The van der Waals surface area contributed by atoms with E-state index in [4.69, 9.17) is 4.74 Å². The highest BCUT2D eigenvalue weighted by atomic mass is 16.6. The van der Waals surface area contributed by atoms with Gasteiger partial charge in [0.15, 0.2) is 0 Å². The zero-order valence-electron chi connectivity index (χ0n) is 11.6. The van der Waals surface area contributed by atoms with Crippen molar-refractivity contribution in [3.63, 3.8) is 0 Å². The third-order valence-corrected chi connectivity index (χ3v) is 3.13. The Morgan fingerprint density at radius 1 is 1.45 bits per heavy atom. The molecular weight excluding hydrogens is 258 g/mol. The highest BCUT2D eigenvalue weighted by molar-refractivity contribution is 6.00. The minimum Gasteiger partial charge on any atom is -0.378 e. The van der Waals surface area contributed by atoms with Gasteiger partial charge in [-0.25, -0.2) is 0 Å². The summed E-state index contributed by atoms with van der Waals surface area (Å²) in [6.07, 6.45) is 1.75. The molecular formula is C14H19N3O3. The van der Waals surface area contributed by atoms with E-state index >= 15 is 0 Å². The normalized spacial score (nSPS) is 16.2. The molecule has 1 saturated heterocycles. The Balaban J connectivity index is 2.24. The lowest BCUT2D eigenvalue weighted by molar-refractivity contribution is -0.384. The van der Waals surface area contributed by atoms with Crippen LogP contribution in [0.25, 0.3) is 0 Å². The molecule has 108 valence electrons. The predicted molar refractivity (Wildman–Crippen MR) is 76.9 cm³/mol. The van der Waals surface area contributed by atoms with Crippen LogP contribution in [0.2, 0.25) is 0 Å². The summed E-state index contributed by atoms with van der Waals surface area (Å²) in [5.41, 5.74) is 1.83. The van der Waals surface area contributed by atoms with E-state index in [2.05, 4.69) is 12.0 Å². The van der Waals surface area contributed by atoms with Crippen LogP contribution in [0.4, 0.5) is 5.69 Å². The van der Waals surface area contributed by atoms with Gasteiger partial charge in [0.25, 0.3) is 5.69 Å². The summed E-state index contributed by atoms with van der Waals surface area (Å²) in [5, 5.41) is 17.5. The number of hydrogen-bond donors (Lipinski definition) is 0. The fourth-order valence-electron chi connectivity index (χ4n) is 2.11. The van der Waals surface area contributed by atoms with Crippen LogP contribution in [-0.2, 0) is 4.74 Å². The standard InChI is InChI=1S/C14H19N3O3/c1-2-4-14(15-16-7-9-20-10-8-16)12-5-3-6-13(11-12)17(18)19/h3,5-6,11H,2,4,7-10H2,1H3. The summed E-state index contributed by atoms with van der Waals surface area (Å²) in [6.45, 7) is 4.96. The lowest BCUT2D eigenvalue weighted by Crippen LogP contribution is -2.33. The highest BCUT2D eigenvalue weighted by Gasteiger charge is 2.13. The summed E-state index contributed by atoms with van der Waals surface area (Å²) >= 11 is 0. The van der Waals surface area contributed by atoms with E-state index in [0.29, 0.717) is 13.2 Å². The van der Waals surface area contributed by atoms with Gasteiger partial charge in [-0.1, -0.05) is 25.5 Å². The number of nitro benzene ring substituents is 1. The summed E-state index contributed by atoms with van der Waals surface area (Å²) in [5.74, 6) is 0. The highest BCUT2D eigenvalue weighted by Crippen LogP contribution is 2.16. The van der Waals surface area contributed by atoms with E-state index in [0.717, 1.165) is 37.2 Å². The molecule has 0 unspecified atom stereocenters. The first-order chi connectivity index (χ1) is 9.70. The van der Waals surface area contributed by atoms with Gasteiger partial charge in [-0.05, 0) is 6.42 Å². The first kappa shape index (κ1) is 14.5. The molecule has 1 aliphatic heterocycles. The second-order valence-electron chi connectivity index (χ2n) is 4.67. The average molecular weight is 277 g/mol. The molecule has 0 aliphatic carbocycles. The Bertz CT molecular complexity index is 496. The third-order valence-electron chi connectivity index (χ3n) is 3.13. The molecule has 0 amide bonds. The third kappa shape index (κ3) is 3.77. The number of hydrazone groups is 1. The van der Waals surface area contributed by atoms with E-state index in [-0.39, 0.29) is 10.6 Å². The van der Waals surface area contributed by atoms with Crippen molar-refractivity contribution < 1.29 is 9.66 Å². The number of nitrogens with zero attached hydrogens (tertiary/aromatic N) is 3. The number of nitro groups is 1. The van der Waals surface area contributed by atoms with Gasteiger partial charge in [-0.15, -0.1) is 0 Å². The topological polar surface area (TPSA) is 68.0 Å². The van der Waals surface area contributed by atoms with Crippen molar-refractivity contribution in [1.82, 2.24) is 5.01 Å². The summed E-state index contributed by atoms with van der Waals surface area (Å²) in [6, 6.07) is 6.68. The number of hydrogen-bond acceptors (Lipinski definition) is 5. The van der Waals surface area contributed by atoms with Crippen LogP contribution in [0.5, 0.6) is 0 Å². The van der Waals surface area contributed by atoms with Gasteiger partial charge >= 0.3 is 0 Å². The first-order valence-corrected chi connectivity index (χ1v) is 6.85. The molecule has 20 heavy (non-hydrogen) atoms. The van der Waals surface area contributed by atoms with Gasteiger partial charge in [-0.2, -0.15) is 5.10 Å². The van der Waals surface area contributed by atoms with Crippen molar-refractivity contribution in [3.8, 4) is 0 Å². The Morgan fingerprint density at radius 3 is 2.85 bits per heavy atom. The molecule has 0 atom stereocenters. The van der Waals surface area contributed by atoms with E-state index in [9.17, 15) is 10.1 Å². The minimum absolute atomic E-state index is 0.105. The van der Waals surface area contributed by atoms with Gasteiger partial charge in [0.2, 0.25) is 0 Å². The fraction of sp³-hybridized carbons (Fsp3) is 0.500.